The molecule has 3 fully saturated rings. The summed E-state index contributed by atoms with van der Waals surface area (Å²) in [6, 6.07) is 9.08. The highest BCUT2D eigenvalue weighted by molar-refractivity contribution is 5.91. The molecule has 124 valence electrons. The molecule has 0 radical (unpaired) electrons. The molecule has 0 heterocycles. The van der Waals surface area contributed by atoms with E-state index in [4.69, 9.17) is 5.73 Å². The van der Waals surface area contributed by atoms with Gasteiger partial charge in [-0.3, -0.25) is 4.79 Å². The van der Waals surface area contributed by atoms with Gasteiger partial charge in [0.15, 0.2) is 0 Å². The lowest BCUT2D eigenvalue weighted by Crippen LogP contribution is -2.42. The molecule has 1 aromatic rings. The van der Waals surface area contributed by atoms with Gasteiger partial charge in [0.1, 0.15) is 0 Å². The Bertz CT molecular complexity index is 578. The van der Waals surface area contributed by atoms with Crippen LogP contribution >= 0.6 is 0 Å². The molecule has 3 heteroatoms. The molecule has 3 aliphatic rings. The van der Waals surface area contributed by atoms with Gasteiger partial charge in [0.2, 0.25) is 5.91 Å². The molecule has 0 spiro atoms. The van der Waals surface area contributed by atoms with Gasteiger partial charge in [0.05, 0.1) is 5.41 Å². The van der Waals surface area contributed by atoms with E-state index < -0.39 is 0 Å². The lowest BCUT2D eigenvalue weighted by atomic mass is 9.90. The van der Waals surface area contributed by atoms with Gasteiger partial charge in [0.25, 0.3) is 0 Å². The zero-order chi connectivity index (χ0) is 15.9. The van der Waals surface area contributed by atoms with E-state index >= 15 is 0 Å². The molecule has 0 aliphatic heterocycles. The second kappa shape index (κ2) is 5.62. The van der Waals surface area contributed by atoms with Gasteiger partial charge in [-0.25, -0.2) is 0 Å². The quantitative estimate of drug-likeness (QED) is 0.877. The SMILES string of the molecule is NC1(Cc2ccc(C3(C(=O)NC4CCCCC4)CC3)cc2)CC1. The molecule has 23 heavy (non-hydrogen) atoms. The fourth-order valence-electron chi connectivity index (χ4n) is 4.03. The lowest BCUT2D eigenvalue weighted by Gasteiger charge is -2.26. The second-order valence-electron chi connectivity index (χ2n) is 8.13. The van der Waals surface area contributed by atoms with E-state index in [9.17, 15) is 4.79 Å². The maximum Gasteiger partial charge on any atom is 0.230 e. The van der Waals surface area contributed by atoms with Crippen LogP contribution in [-0.4, -0.2) is 17.5 Å². The summed E-state index contributed by atoms with van der Waals surface area (Å²) in [4.78, 5) is 12.8. The standard InChI is InChI=1S/C20H28N2O/c21-19(10-11-19)14-15-6-8-16(9-7-15)20(12-13-20)18(23)22-17-4-2-1-3-5-17/h6-9,17H,1-5,10-14,21H2,(H,22,23). The van der Waals surface area contributed by atoms with Gasteiger partial charge in [-0.15, -0.1) is 0 Å². The van der Waals surface area contributed by atoms with Crippen LogP contribution in [0.25, 0.3) is 0 Å². The first-order valence-electron chi connectivity index (χ1n) is 9.29. The predicted molar refractivity (Wildman–Crippen MR) is 92.2 cm³/mol. The van der Waals surface area contributed by atoms with Crippen molar-refractivity contribution in [1.82, 2.24) is 5.32 Å². The first-order valence-corrected chi connectivity index (χ1v) is 9.29. The van der Waals surface area contributed by atoms with Gasteiger partial charge in [-0.2, -0.15) is 0 Å². The summed E-state index contributed by atoms with van der Waals surface area (Å²) in [7, 11) is 0. The average Bonchev–Trinajstić information content (AvgIpc) is 3.47. The molecule has 0 aromatic heterocycles. The second-order valence-corrected chi connectivity index (χ2v) is 8.13. The van der Waals surface area contributed by atoms with Crippen molar-refractivity contribution in [2.45, 2.75) is 81.2 Å². The van der Waals surface area contributed by atoms with Crippen LogP contribution in [0.1, 0.15) is 68.9 Å². The van der Waals surface area contributed by atoms with Crippen LogP contribution in [0.2, 0.25) is 0 Å². The third kappa shape index (κ3) is 3.16. The van der Waals surface area contributed by atoms with E-state index in [1.165, 1.54) is 30.4 Å². The molecule has 0 unspecified atom stereocenters. The van der Waals surface area contributed by atoms with Gasteiger partial charge in [-0.05, 0) is 56.1 Å². The molecule has 1 amide bonds. The van der Waals surface area contributed by atoms with E-state index in [0.717, 1.165) is 44.9 Å². The first-order chi connectivity index (χ1) is 11.1. The van der Waals surface area contributed by atoms with Crippen molar-refractivity contribution in [1.29, 1.82) is 0 Å². The van der Waals surface area contributed by atoms with Crippen molar-refractivity contribution in [3.05, 3.63) is 35.4 Å². The maximum atomic E-state index is 12.8. The third-order valence-corrected chi connectivity index (χ3v) is 6.08. The van der Waals surface area contributed by atoms with E-state index in [1.807, 2.05) is 0 Å². The van der Waals surface area contributed by atoms with Crippen molar-refractivity contribution >= 4 is 5.91 Å². The van der Waals surface area contributed by atoms with E-state index in [0.29, 0.717) is 6.04 Å². The topological polar surface area (TPSA) is 55.1 Å². The summed E-state index contributed by atoms with van der Waals surface area (Å²) in [5.41, 5.74) is 8.51. The summed E-state index contributed by atoms with van der Waals surface area (Å²) in [6.45, 7) is 0. The van der Waals surface area contributed by atoms with Crippen molar-refractivity contribution in [2.24, 2.45) is 5.73 Å². The Kier molecular flexibility index (Phi) is 3.72. The highest BCUT2D eigenvalue weighted by Gasteiger charge is 2.51. The minimum absolute atomic E-state index is 0.0527. The molecular formula is C20H28N2O. The zero-order valence-corrected chi connectivity index (χ0v) is 13.9. The fraction of sp³-hybridized carbons (Fsp3) is 0.650. The van der Waals surface area contributed by atoms with Crippen LogP contribution in [0.3, 0.4) is 0 Å². The molecule has 3 saturated carbocycles. The third-order valence-electron chi connectivity index (χ3n) is 6.08. The number of carbonyl (C=O) groups excluding carboxylic acids is 1. The van der Waals surface area contributed by atoms with Crippen LogP contribution in [0, 0.1) is 0 Å². The van der Waals surface area contributed by atoms with Gasteiger partial charge in [0, 0.05) is 11.6 Å². The van der Waals surface area contributed by atoms with E-state index in [2.05, 4.69) is 29.6 Å². The predicted octanol–water partition coefficient (Wildman–Crippen LogP) is 3.20. The monoisotopic (exact) mass is 312 g/mol. The van der Waals surface area contributed by atoms with E-state index in [1.54, 1.807) is 0 Å². The Labute approximate surface area is 139 Å². The molecule has 0 atom stereocenters. The number of hydrogen-bond acceptors (Lipinski definition) is 2. The van der Waals surface area contributed by atoms with Crippen molar-refractivity contribution < 1.29 is 4.79 Å². The number of rotatable bonds is 5. The lowest BCUT2D eigenvalue weighted by molar-refractivity contribution is -0.124. The summed E-state index contributed by atoms with van der Waals surface area (Å²) in [5, 5.41) is 3.32. The van der Waals surface area contributed by atoms with Crippen molar-refractivity contribution in [3.63, 3.8) is 0 Å². The van der Waals surface area contributed by atoms with Crippen LogP contribution < -0.4 is 11.1 Å². The van der Waals surface area contributed by atoms with Crippen LogP contribution in [-0.2, 0) is 16.6 Å². The molecule has 0 bridgehead atoms. The highest BCUT2D eigenvalue weighted by Crippen LogP contribution is 2.49. The molecule has 4 rings (SSSR count). The summed E-state index contributed by atoms with van der Waals surface area (Å²) in [5.74, 6) is 0.259. The molecule has 3 N–H and O–H groups in total. The Balaban J connectivity index is 1.42. The minimum Gasteiger partial charge on any atom is -0.353 e. The molecule has 0 saturated heterocycles. The van der Waals surface area contributed by atoms with Gasteiger partial charge in [-0.1, -0.05) is 43.5 Å². The number of amides is 1. The van der Waals surface area contributed by atoms with E-state index in [-0.39, 0.29) is 16.9 Å². The normalized spacial score (nSPS) is 24.9. The Morgan fingerprint density at radius 3 is 2.26 bits per heavy atom. The number of nitrogens with one attached hydrogen (secondary N) is 1. The van der Waals surface area contributed by atoms with Crippen LogP contribution in [0.5, 0.6) is 0 Å². The first kappa shape index (κ1) is 15.2. The molecule has 1 aromatic carbocycles. The average molecular weight is 312 g/mol. The highest BCUT2D eigenvalue weighted by atomic mass is 16.2. The van der Waals surface area contributed by atoms with Gasteiger partial charge >= 0.3 is 0 Å². The summed E-state index contributed by atoms with van der Waals surface area (Å²) < 4.78 is 0. The Morgan fingerprint density at radius 2 is 1.70 bits per heavy atom. The van der Waals surface area contributed by atoms with Crippen LogP contribution in [0.15, 0.2) is 24.3 Å². The van der Waals surface area contributed by atoms with Crippen molar-refractivity contribution in [2.75, 3.05) is 0 Å². The Morgan fingerprint density at radius 1 is 1.04 bits per heavy atom. The fourth-order valence-corrected chi connectivity index (χ4v) is 4.03. The molecule has 3 aliphatic carbocycles. The smallest absolute Gasteiger partial charge is 0.230 e. The Hall–Kier alpha value is -1.35. The molecule has 3 nitrogen and oxygen atoms in total. The summed E-state index contributed by atoms with van der Waals surface area (Å²) >= 11 is 0. The number of hydrogen-bond donors (Lipinski definition) is 2. The molecular weight excluding hydrogens is 284 g/mol. The largest absolute Gasteiger partial charge is 0.353 e. The summed E-state index contributed by atoms with van der Waals surface area (Å²) in [6.07, 6.45) is 11.4. The van der Waals surface area contributed by atoms with Gasteiger partial charge < -0.3 is 11.1 Å². The van der Waals surface area contributed by atoms with Crippen LogP contribution in [0.4, 0.5) is 0 Å². The number of benzene rings is 1. The zero-order valence-electron chi connectivity index (χ0n) is 13.9. The number of nitrogens with two attached hydrogens (primary N) is 1. The number of carbonyl (C=O) groups is 1. The maximum absolute atomic E-state index is 12.8. The minimum atomic E-state index is -0.240. The van der Waals surface area contributed by atoms with Crippen molar-refractivity contribution in [3.8, 4) is 0 Å².